The lowest BCUT2D eigenvalue weighted by atomic mass is 10.1. The minimum Gasteiger partial charge on any atom is -0.228 e. The summed E-state index contributed by atoms with van der Waals surface area (Å²) in [6.45, 7) is 0. The molecule has 4 aromatic rings. The zero-order valence-corrected chi connectivity index (χ0v) is 12.3. The minimum atomic E-state index is -0.254. The van der Waals surface area contributed by atoms with Crippen LogP contribution in [0.5, 0.6) is 0 Å². The highest BCUT2D eigenvalue weighted by Gasteiger charge is 2.10. The largest absolute Gasteiger partial charge is 0.228 e. The Morgan fingerprint density at radius 3 is 2.09 bits per heavy atom. The van der Waals surface area contributed by atoms with Crippen molar-refractivity contribution in [2.75, 3.05) is 0 Å². The molecule has 0 aliphatic rings. The number of hydrogen-bond acceptors (Lipinski definition) is 2. The summed E-state index contributed by atoms with van der Waals surface area (Å²) < 4.78 is 13.2. The van der Waals surface area contributed by atoms with Crippen LogP contribution >= 0.6 is 0 Å². The van der Waals surface area contributed by atoms with E-state index in [0.717, 1.165) is 27.7 Å². The van der Waals surface area contributed by atoms with Crippen LogP contribution in [0.2, 0.25) is 0 Å². The number of hydrogen-bond donors (Lipinski definition) is 0. The van der Waals surface area contributed by atoms with Gasteiger partial charge in [0.15, 0.2) is 5.82 Å². The van der Waals surface area contributed by atoms with Gasteiger partial charge in [-0.2, -0.15) is 0 Å². The highest BCUT2D eigenvalue weighted by Crippen LogP contribution is 2.28. The summed E-state index contributed by atoms with van der Waals surface area (Å²) in [5.74, 6) is 0.416. The molecular formula is C20H13FN2. The number of nitrogens with zero attached hydrogens (tertiary/aromatic N) is 2. The van der Waals surface area contributed by atoms with Gasteiger partial charge in [0.1, 0.15) is 5.82 Å². The normalized spacial score (nSPS) is 10.8. The maximum Gasteiger partial charge on any atom is 0.160 e. The molecule has 23 heavy (non-hydrogen) atoms. The molecule has 0 amide bonds. The van der Waals surface area contributed by atoms with E-state index in [0.29, 0.717) is 5.82 Å². The molecule has 0 N–H and O–H groups in total. The number of fused-ring (bicyclic) bond motifs is 1. The zero-order valence-electron chi connectivity index (χ0n) is 12.3. The molecule has 0 spiro atoms. The van der Waals surface area contributed by atoms with Gasteiger partial charge in [0.2, 0.25) is 0 Å². The third-order valence-corrected chi connectivity index (χ3v) is 3.75. The Hall–Kier alpha value is -3.07. The average Bonchev–Trinajstić information content (AvgIpc) is 2.62. The van der Waals surface area contributed by atoms with Crippen molar-refractivity contribution in [1.82, 2.24) is 9.97 Å². The summed E-state index contributed by atoms with van der Waals surface area (Å²) in [7, 11) is 0. The molecule has 3 heteroatoms. The Labute approximate surface area is 133 Å². The maximum absolute atomic E-state index is 13.2. The van der Waals surface area contributed by atoms with Crippen LogP contribution in [0.15, 0.2) is 78.9 Å². The number of halogens is 1. The molecule has 0 aliphatic carbocycles. The van der Waals surface area contributed by atoms with Gasteiger partial charge in [-0.3, -0.25) is 0 Å². The number of aromatic nitrogens is 2. The highest BCUT2D eigenvalue weighted by molar-refractivity contribution is 5.93. The lowest BCUT2D eigenvalue weighted by molar-refractivity contribution is 0.628. The fourth-order valence-electron chi connectivity index (χ4n) is 2.62. The fraction of sp³-hybridized carbons (Fsp3) is 0. The second-order valence-electron chi connectivity index (χ2n) is 5.29. The SMILES string of the molecule is Fc1ccc(-c2nc(-c3ccccc3)nc3ccccc23)cc1. The number of rotatable bonds is 2. The zero-order chi connectivity index (χ0) is 15.6. The van der Waals surface area contributed by atoms with E-state index in [2.05, 4.69) is 4.98 Å². The van der Waals surface area contributed by atoms with Gasteiger partial charge in [-0.25, -0.2) is 14.4 Å². The van der Waals surface area contributed by atoms with Crippen LogP contribution in [0.3, 0.4) is 0 Å². The smallest absolute Gasteiger partial charge is 0.160 e. The molecule has 0 bridgehead atoms. The summed E-state index contributed by atoms with van der Waals surface area (Å²) in [5, 5.41) is 0.957. The summed E-state index contributed by atoms with van der Waals surface area (Å²) in [6, 6.07) is 24.1. The van der Waals surface area contributed by atoms with Crippen LogP contribution in [0.4, 0.5) is 4.39 Å². The Morgan fingerprint density at radius 1 is 0.609 bits per heavy atom. The van der Waals surface area contributed by atoms with Gasteiger partial charge < -0.3 is 0 Å². The van der Waals surface area contributed by atoms with E-state index in [9.17, 15) is 4.39 Å². The quantitative estimate of drug-likeness (QED) is 0.514. The molecule has 0 saturated carbocycles. The first kappa shape index (κ1) is 13.6. The Bertz CT molecular complexity index is 964. The second-order valence-corrected chi connectivity index (χ2v) is 5.29. The van der Waals surface area contributed by atoms with E-state index in [1.54, 1.807) is 12.1 Å². The van der Waals surface area contributed by atoms with Gasteiger partial charge in [-0.1, -0.05) is 48.5 Å². The Morgan fingerprint density at radius 2 is 1.30 bits per heavy atom. The van der Waals surface area contributed by atoms with Gasteiger partial charge in [0.25, 0.3) is 0 Å². The fourth-order valence-corrected chi connectivity index (χ4v) is 2.62. The highest BCUT2D eigenvalue weighted by atomic mass is 19.1. The molecule has 2 nitrogen and oxygen atoms in total. The lowest BCUT2D eigenvalue weighted by Crippen LogP contribution is -1.95. The van der Waals surface area contributed by atoms with Gasteiger partial charge >= 0.3 is 0 Å². The Balaban J connectivity index is 2.00. The lowest BCUT2D eigenvalue weighted by Gasteiger charge is -2.09. The summed E-state index contributed by atoms with van der Waals surface area (Å²) in [5.41, 5.74) is 3.53. The second kappa shape index (κ2) is 5.61. The molecule has 0 atom stereocenters. The van der Waals surface area contributed by atoms with Crippen LogP contribution < -0.4 is 0 Å². The first-order chi connectivity index (χ1) is 11.3. The van der Waals surface area contributed by atoms with E-state index in [4.69, 9.17) is 4.98 Å². The number of benzene rings is 3. The first-order valence-corrected chi connectivity index (χ1v) is 7.39. The maximum atomic E-state index is 13.2. The number of para-hydroxylation sites is 1. The van der Waals surface area contributed by atoms with Crippen molar-refractivity contribution in [2.45, 2.75) is 0 Å². The van der Waals surface area contributed by atoms with Crippen molar-refractivity contribution in [3.05, 3.63) is 84.7 Å². The predicted octanol–water partition coefficient (Wildman–Crippen LogP) is 5.10. The van der Waals surface area contributed by atoms with Crippen molar-refractivity contribution in [3.8, 4) is 22.6 Å². The van der Waals surface area contributed by atoms with E-state index in [-0.39, 0.29) is 5.82 Å². The Kier molecular flexibility index (Phi) is 3.31. The van der Waals surface area contributed by atoms with Crippen molar-refractivity contribution in [1.29, 1.82) is 0 Å². The third kappa shape index (κ3) is 2.57. The molecule has 4 rings (SSSR count). The van der Waals surface area contributed by atoms with Gasteiger partial charge in [0.05, 0.1) is 11.2 Å². The average molecular weight is 300 g/mol. The van der Waals surface area contributed by atoms with Crippen LogP contribution in [0.1, 0.15) is 0 Å². The molecule has 0 fully saturated rings. The molecule has 1 heterocycles. The standard InChI is InChI=1S/C20H13FN2/c21-16-12-10-14(11-13-16)19-17-8-4-5-9-18(17)22-20(23-19)15-6-2-1-3-7-15/h1-13H. The van der Waals surface area contributed by atoms with E-state index < -0.39 is 0 Å². The van der Waals surface area contributed by atoms with Gasteiger partial charge in [0, 0.05) is 16.5 Å². The molecule has 1 aromatic heterocycles. The van der Waals surface area contributed by atoms with Crippen LogP contribution in [0.25, 0.3) is 33.5 Å². The molecule has 0 saturated heterocycles. The molecule has 0 radical (unpaired) electrons. The first-order valence-electron chi connectivity index (χ1n) is 7.39. The summed E-state index contributed by atoms with van der Waals surface area (Å²) in [4.78, 5) is 9.40. The van der Waals surface area contributed by atoms with E-state index in [1.165, 1.54) is 12.1 Å². The van der Waals surface area contributed by atoms with Crippen LogP contribution in [-0.4, -0.2) is 9.97 Å². The molecule has 0 unspecified atom stereocenters. The third-order valence-electron chi connectivity index (χ3n) is 3.75. The molecule has 3 aromatic carbocycles. The minimum absolute atomic E-state index is 0.254. The van der Waals surface area contributed by atoms with Gasteiger partial charge in [-0.15, -0.1) is 0 Å². The van der Waals surface area contributed by atoms with Crippen LogP contribution in [-0.2, 0) is 0 Å². The predicted molar refractivity (Wildman–Crippen MR) is 90.4 cm³/mol. The topological polar surface area (TPSA) is 25.8 Å². The van der Waals surface area contributed by atoms with E-state index in [1.807, 2.05) is 54.6 Å². The van der Waals surface area contributed by atoms with E-state index >= 15 is 0 Å². The molecular weight excluding hydrogens is 287 g/mol. The monoisotopic (exact) mass is 300 g/mol. The van der Waals surface area contributed by atoms with Crippen LogP contribution in [0, 0.1) is 5.82 Å². The summed E-state index contributed by atoms with van der Waals surface area (Å²) >= 11 is 0. The molecule has 110 valence electrons. The van der Waals surface area contributed by atoms with Crippen molar-refractivity contribution >= 4 is 10.9 Å². The molecule has 0 aliphatic heterocycles. The van der Waals surface area contributed by atoms with Crippen molar-refractivity contribution in [2.24, 2.45) is 0 Å². The summed E-state index contributed by atoms with van der Waals surface area (Å²) in [6.07, 6.45) is 0. The van der Waals surface area contributed by atoms with Crippen molar-refractivity contribution in [3.63, 3.8) is 0 Å². The van der Waals surface area contributed by atoms with Gasteiger partial charge in [-0.05, 0) is 30.3 Å². The van der Waals surface area contributed by atoms with Crippen molar-refractivity contribution < 1.29 is 4.39 Å².